The molecule has 0 fully saturated rings. The molecular formula is C16H25N5O7. The van der Waals surface area contributed by atoms with Gasteiger partial charge in [0.25, 0.3) is 17.7 Å². The van der Waals surface area contributed by atoms with Crippen molar-refractivity contribution in [2.75, 3.05) is 0 Å². The molecule has 0 radical (unpaired) electrons. The minimum absolute atomic E-state index is 0.212. The predicted molar refractivity (Wildman–Crippen MR) is 96.7 cm³/mol. The maximum Gasteiger partial charge on any atom is 0.338 e. The van der Waals surface area contributed by atoms with Crippen LogP contribution in [0.5, 0.6) is 0 Å². The summed E-state index contributed by atoms with van der Waals surface area (Å²) in [5, 5.41) is 9.42. The summed E-state index contributed by atoms with van der Waals surface area (Å²) in [4.78, 5) is 54.2. The lowest BCUT2D eigenvalue weighted by Crippen LogP contribution is -2.44. The molecule has 0 aromatic heterocycles. The lowest BCUT2D eigenvalue weighted by molar-refractivity contribution is -0.198. The number of hydroxylamine groups is 2. The molecule has 12 heteroatoms. The number of carboxylic acid groups (broad SMARTS) is 1. The molecule has 1 aromatic rings. The second kappa shape index (κ2) is 9.87. The van der Waals surface area contributed by atoms with Crippen LogP contribution in [0.4, 0.5) is 0 Å². The third-order valence-electron chi connectivity index (χ3n) is 3.48. The fraction of sp³-hybridized carbons (Fsp3) is 0.375. The summed E-state index contributed by atoms with van der Waals surface area (Å²) in [6, 6.07) is 6.23. The van der Waals surface area contributed by atoms with Gasteiger partial charge in [-0.3, -0.25) is 30.9 Å². The number of rotatable bonds is 5. The predicted octanol–water partition coefficient (Wildman–Crippen LogP) is -0.963. The van der Waals surface area contributed by atoms with Gasteiger partial charge in [-0.15, -0.1) is 5.06 Å². The zero-order valence-corrected chi connectivity index (χ0v) is 16.0. The smallest absolute Gasteiger partial charge is 0.338 e. The zero-order chi connectivity index (χ0) is 22.3. The van der Waals surface area contributed by atoms with Gasteiger partial charge in [-0.2, -0.15) is 0 Å². The standard InChI is InChI=1S/C12H11NO5.C4H10N2O2.H4N2/c1-12(2,11(16)17)18-13-9(14)7-5-3-4-6-8(7)10(13)15;1-4(2,8-6)3(5)7;1-2/h3-6H,1-2H3,(H,16,17);6H2,1-2H3,(H2,5,7);1-2H2. The Kier molecular flexibility index (Phi) is 8.85. The Morgan fingerprint density at radius 1 is 0.964 bits per heavy atom. The fourth-order valence-electron chi connectivity index (χ4n) is 1.58. The van der Waals surface area contributed by atoms with E-state index < -0.39 is 34.9 Å². The first kappa shape index (κ1) is 25.1. The highest BCUT2D eigenvalue weighted by Crippen LogP contribution is 2.25. The van der Waals surface area contributed by atoms with E-state index in [0.29, 0.717) is 5.06 Å². The van der Waals surface area contributed by atoms with E-state index in [0.717, 1.165) is 0 Å². The summed E-state index contributed by atoms with van der Waals surface area (Å²) in [5.74, 6) is 9.58. The quantitative estimate of drug-likeness (QED) is 0.232. The Morgan fingerprint density at radius 2 is 1.36 bits per heavy atom. The number of nitrogens with two attached hydrogens (primary N) is 4. The van der Waals surface area contributed by atoms with Gasteiger partial charge in [-0.05, 0) is 39.8 Å². The summed E-state index contributed by atoms with van der Waals surface area (Å²) in [6.45, 7) is 5.52. The first-order valence-electron chi connectivity index (χ1n) is 7.76. The minimum atomic E-state index is -1.66. The van der Waals surface area contributed by atoms with Crippen LogP contribution in [0.25, 0.3) is 0 Å². The van der Waals surface area contributed by atoms with Gasteiger partial charge in [0, 0.05) is 0 Å². The van der Waals surface area contributed by atoms with Crippen molar-refractivity contribution in [3.05, 3.63) is 35.4 Å². The van der Waals surface area contributed by atoms with E-state index in [1.165, 1.54) is 39.8 Å². The Bertz CT molecular complexity index is 714. The molecule has 12 nitrogen and oxygen atoms in total. The van der Waals surface area contributed by atoms with Crippen LogP contribution in [0, 0.1) is 0 Å². The number of benzene rings is 1. The van der Waals surface area contributed by atoms with Crippen molar-refractivity contribution in [2.24, 2.45) is 23.3 Å². The summed E-state index contributed by atoms with van der Waals surface area (Å²) < 4.78 is 0. The van der Waals surface area contributed by atoms with Gasteiger partial charge in [0.2, 0.25) is 0 Å². The van der Waals surface area contributed by atoms with E-state index in [2.05, 4.69) is 16.5 Å². The van der Waals surface area contributed by atoms with E-state index in [-0.39, 0.29) is 11.1 Å². The molecule has 28 heavy (non-hydrogen) atoms. The molecule has 156 valence electrons. The van der Waals surface area contributed by atoms with Crippen LogP contribution in [0.15, 0.2) is 24.3 Å². The summed E-state index contributed by atoms with van der Waals surface area (Å²) in [6.07, 6.45) is 0. The summed E-state index contributed by atoms with van der Waals surface area (Å²) >= 11 is 0. The van der Waals surface area contributed by atoms with Gasteiger partial charge < -0.3 is 10.8 Å². The number of hydrogen-bond donors (Lipinski definition) is 5. The average Bonchev–Trinajstić information content (AvgIpc) is 2.88. The molecule has 2 rings (SSSR count). The molecule has 0 saturated heterocycles. The molecule has 3 amide bonds. The molecule has 1 aliphatic rings. The van der Waals surface area contributed by atoms with E-state index in [9.17, 15) is 19.2 Å². The largest absolute Gasteiger partial charge is 0.479 e. The number of carbonyl (C=O) groups is 4. The molecule has 0 atom stereocenters. The highest BCUT2D eigenvalue weighted by Gasteiger charge is 2.42. The normalized spacial score (nSPS) is 13.0. The monoisotopic (exact) mass is 399 g/mol. The van der Waals surface area contributed by atoms with E-state index in [1.807, 2.05) is 0 Å². The Balaban J connectivity index is 0.000000618. The Labute approximate surface area is 161 Å². The van der Waals surface area contributed by atoms with Crippen LogP contribution >= 0.6 is 0 Å². The SMILES string of the molecule is CC(C)(ON)C(N)=O.CC(C)(ON1C(=O)c2ccccc2C1=O)C(=O)O.NN. The molecule has 9 N–H and O–H groups in total. The number of nitrogens with zero attached hydrogens (tertiary/aromatic N) is 1. The number of imide groups is 1. The summed E-state index contributed by atoms with van der Waals surface area (Å²) in [5.41, 5.74) is 2.56. The van der Waals surface area contributed by atoms with Crippen molar-refractivity contribution in [3.63, 3.8) is 0 Å². The van der Waals surface area contributed by atoms with Crippen LogP contribution < -0.4 is 23.3 Å². The summed E-state index contributed by atoms with van der Waals surface area (Å²) in [7, 11) is 0. The van der Waals surface area contributed by atoms with Crippen molar-refractivity contribution in [2.45, 2.75) is 38.9 Å². The molecule has 0 spiro atoms. The number of carbonyl (C=O) groups excluding carboxylic acids is 3. The van der Waals surface area contributed by atoms with Gasteiger partial charge in [-0.1, -0.05) is 12.1 Å². The fourth-order valence-corrected chi connectivity index (χ4v) is 1.58. The molecular weight excluding hydrogens is 374 g/mol. The van der Waals surface area contributed by atoms with Crippen molar-refractivity contribution in [3.8, 4) is 0 Å². The van der Waals surface area contributed by atoms with E-state index in [1.54, 1.807) is 12.1 Å². The molecule has 0 bridgehead atoms. The van der Waals surface area contributed by atoms with Gasteiger partial charge in [-0.25, -0.2) is 15.5 Å². The number of amides is 3. The lowest BCUT2D eigenvalue weighted by Gasteiger charge is -2.24. The molecule has 0 saturated carbocycles. The van der Waals surface area contributed by atoms with Gasteiger partial charge >= 0.3 is 5.97 Å². The third-order valence-corrected chi connectivity index (χ3v) is 3.48. The topological polar surface area (TPSA) is 214 Å². The first-order chi connectivity index (χ1) is 12.8. The van der Waals surface area contributed by atoms with Gasteiger partial charge in [0.15, 0.2) is 11.2 Å². The van der Waals surface area contributed by atoms with Crippen LogP contribution in [0.2, 0.25) is 0 Å². The van der Waals surface area contributed by atoms with Gasteiger partial charge in [0.1, 0.15) is 0 Å². The zero-order valence-electron chi connectivity index (χ0n) is 16.0. The van der Waals surface area contributed by atoms with E-state index >= 15 is 0 Å². The van der Waals surface area contributed by atoms with Crippen LogP contribution in [-0.4, -0.2) is 45.1 Å². The van der Waals surface area contributed by atoms with Gasteiger partial charge in [0.05, 0.1) is 11.1 Å². The Hall–Kier alpha value is -2.90. The highest BCUT2D eigenvalue weighted by molar-refractivity contribution is 6.20. The van der Waals surface area contributed by atoms with Crippen molar-refractivity contribution < 1.29 is 34.0 Å². The first-order valence-corrected chi connectivity index (χ1v) is 7.76. The van der Waals surface area contributed by atoms with E-state index in [4.69, 9.17) is 21.6 Å². The lowest BCUT2D eigenvalue weighted by atomic mass is 10.1. The van der Waals surface area contributed by atoms with Crippen molar-refractivity contribution >= 4 is 23.7 Å². The second-order valence-electron chi connectivity index (χ2n) is 6.35. The van der Waals surface area contributed by atoms with Crippen molar-refractivity contribution in [1.82, 2.24) is 5.06 Å². The highest BCUT2D eigenvalue weighted by atomic mass is 16.7. The number of hydrazine groups is 1. The van der Waals surface area contributed by atoms with Crippen LogP contribution in [0.1, 0.15) is 48.4 Å². The van der Waals surface area contributed by atoms with Crippen LogP contribution in [0.3, 0.4) is 0 Å². The average molecular weight is 399 g/mol. The molecule has 1 aromatic carbocycles. The Morgan fingerprint density at radius 3 is 1.61 bits per heavy atom. The third kappa shape index (κ3) is 5.80. The minimum Gasteiger partial charge on any atom is -0.479 e. The molecule has 0 unspecified atom stereocenters. The maximum absolute atomic E-state index is 11.9. The molecule has 0 aliphatic carbocycles. The number of fused-ring (bicyclic) bond motifs is 1. The van der Waals surface area contributed by atoms with Crippen molar-refractivity contribution in [1.29, 1.82) is 0 Å². The maximum atomic E-state index is 11.9. The number of hydrogen-bond acceptors (Lipinski definition) is 9. The molecule has 1 aliphatic heterocycles. The second-order valence-corrected chi connectivity index (χ2v) is 6.35. The number of carboxylic acids is 1. The van der Waals surface area contributed by atoms with Crippen LogP contribution in [-0.2, 0) is 19.3 Å². The number of aliphatic carboxylic acids is 1. The molecule has 1 heterocycles. The number of primary amides is 1.